The van der Waals surface area contributed by atoms with Gasteiger partial charge in [-0.05, 0) is 58.6 Å². The molecule has 2 aliphatic rings. The molecule has 0 aliphatic heterocycles. The van der Waals surface area contributed by atoms with Gasteiger partial charge in [0.1, 0.15) is 18.0 Å². The fourth-order valence-electron chi connectivity index (χ4n) is 5.13. The first kappa shape index (κ1) is 36.6. The zero-order valence-corrected chi connectivity index (χ0v) is 29.1. The molecule has 4 atom stereocenters. The predicted molar refractivity (Wildman–Crippen MR) is 178 cm³/mol. The van der Waals surface area contributed by atoms with E-state index in [0.29, 0.717) is 23.7 Å². The summed E-state index contributed by atoms with van der Waals surface area (Å²) in [4.78, 5) is 60.8. The van der Waals surface area contributed by atoms with Gasteiger partial charge in [0, 0.05) is 23.3 Å². The highest BCUT2D eigenvalue weighted by molar-refractivity contribution is 7.91. The van der Waals surface area contributed by atoms with E-state index in [1.165, 1.54) is 12.4 Å². The standard InChI is InChI=1S/C33H46N6O8S/c1-8-20-17-33(20,29(42)39-48(44,45)22-14-15-22)37-25(40)16-13-21(46-28-23-11-9-10-12-24(23)35-19-36-28)18-34-27(41)26(31(2,3)4)47-30(43)38-32(5,6)7/h8-12,19-22,26H,1,13-18H2,2-7H3,(H,34,41)(H,37,40)(H,38,43)(H,39,42)/t20-,21-,26-,33-/m1/s1. The monoisotopic (exact) mass is 686 g/mol. The molecule has 1 aromatic carbocycles. The second kappa shape index (κ2) is 14.1. The van der Waals surface area contributed by atoms with Crippen LogP contribution >= 0.6 is 0 Å². The van der Waals surface area contributed by atoms with Crippen LogP contribution in [0.5, 0.6) is 5.88 Å². The summed E-state index contributed by atoms with van der Waals surface area (Å²) < 4.78 is 38.8. The van der Waals surface area contributed by atoms with Crippen molar-refractivity contribution in [3.05, 3.63) is 43.2 Å². The highest BCUT2D eigenvalue weighted by Crippen LogP contribution is 2.45. The van der Waals surface area contributed by atoms with Gasteiger partial charge in [-0.25, -0.2) is 23.2 Å². The Morgan fingerprint density at radius 1 is 1.08 bits per heavy atom. The van der Waals surface area contributed by atoms with Crippen molar-refractivity contribution in [1.29, 1.82) is 0 Å². The van der Waals surface area contributed by atoms with Gasteiger partial charge < -0.3 is 25.4 Å². The SMILES string of the molecule is C=C[C@@H]1C[C@]1(NC(=O)CC[C@H](CNC(=O)[C@@H](OC(=O)NC(C)(C)C)C(C)(C)C)Oc1ncnc2ccccc12)C(=O)NS(=O)(=O)C1CC1. The summed E-state index contributed by atoms with van der Waals surface area (Å²) in [6, 6.07) is 7.20. The number of carbonyl (C=O) groups excluding carboxylic acids is 4. The van der Waals surface area contributed by atoms with Crippen LogP contribution in [0.1, 0.15) is 73.6 Å². The summed E-state index contributed by atoms with van der Waals surface area (Å²) in [6.45, 7) is 14.3. The number of para-hydroxylation sites is 1. The molecule has 262 valence electrons. The minimum absolute atomic E-state index is 0.0762. The number of benzene rings is 1. The maximum Gasteiger partial charge on any atom is 0.408 e. The lowest BCUT2D eigenvalue weighted by atomic mass is 9.88. The number of aromatic nitrogens is 2. The lowest BCUT2D eigenvalue weighted by molar-refractivity contribution is -0.135. The highest BCUT2D eigenvalue weighted by Gasteiger charge is 2.60. The number of carbonyl (C=O) groups is 4. The summed E-state index contributed by atoms with van der Waals surface area (Å²) in [6.07, 6.45) is 1.30. The van der Waals surface area contributed by atoms with Gasteiger partial charge in [-0.3, -0.25) is 19.1 Å². The van der Waals surface area contributed by atoms with E-state index < -0.39 is 73.7 Å². The van der Waals surface area contributed by atoms with Crippen LogP contribution in [0, 0.1) is 11.3 Å². The molecular formula is C33H46N6O8S. The number of hydrogen-bond donors (Lipinski definition) is 4. The molecule has 0 unspecified atom stereocenters. The summed E-state index contributed by atoms with van der Waals surface area (Å²) in [7, 11) is -3.82. The van der Waals surface area contributed by atoms with Crippen LogP contribution < -0.4 is 25.4 Å². The van der Waals surface area contributed by atoms with Crippen molar-refractivity contribution in [1.82, 2.24) is 30.6 Å². The van der Waals surface area contributed by atoms with Gasteiger partial charge in [-0.1, -0.05) is 39.0 Å². The van der Waals surface area contributed by atoms with E-state index in [4.69, 9.17) is 9.47 Å². The Morgan fingerprint density at radius 2 is 1.77 bits per heavy atom. The molecule has 4 rings (SSSR count). The largest absolute Gasteiger partial charge is 0.472 e. The molecule has 1 aromatic heterocycles. The predicted octanol–water partition coefficient (Wildman–Crippen LogP) is 2.88. The maximum absolute atomic E-state index is 13.4. The number of nitrogens with zero attached hydrogens (tertiary/aromatic N) is 2. The van der Waals surface area contributed by atoms with E-state index in [0.717, 1.165) is 0 Å². The summed E-state index contributed by atoms with van der Waals surface area (Å²) in [5, 5.41) is 8.23. The van der Waals surface area contributed by atoms with Crippen molar-refractivity contribution in [2.24, 2.45) is 11.3 Å². The zero-order chi connectivity index (χ0) is 35.5. The first-order valence-corrected chi connectivity index (χ1v) is 17.5. The van der Waals surface area contributed by atoms with Gasteiger partial charge in [0.25, 0.3) is 11.8 Å². The third-order valence-corrected chi connectivity index (χ3v) is 9.79. The summed E-state index contributed by atoms with van der Waals surface area (Å²) in [5.74, 6) is -2.05. The van der Waals surface area contributed by atoms with Gasteiger partial charge in [0.05, 0.1) is 22.7 Å². The maximum atomic E-state index is 13.4. The number of ether oxygens (including phenoxy) is 2. The summed E-state index contributed by atoms with van der Waals surface area (Å²) >= 11 is 0. The average molecular weight is 687 g/mol. The van der Waals surface area contributed by atoms with Crippen LogP contribution in [0.2, 0.25) is 0 Å². The van der Waals surface area contributed by atoms with Gasteiger partial charge in [0.15, 0.2) is 6.10 Å². The molecule has 0 bridgehead atoms. The second-order valence-electron chi connectivity index (χ2n) is 14.5. The molecule has 0 saturated heterocycles. The number of fused-ring (bicyclic) bond motifs is 1. The Bertz CT molecular complexity index is 1660. The quantitative estimate of drug-likeness (QED) is 0.215. The van der Waals surface area contributed by atoms with E-state index in [1.54, 1.807) is 59.7 Å². The van der Waals surface area contributed by atoms with E-state index in [2.05, 4.69) is 37.2 Å². The molecule has 48 heavy (non-hydrogen) atoms. The van der Waals surface area contributed by atoms with Crippen molar-refractivity contribution in [2.45, 2.75) is 102 Å². The molecule has 2 saturated carbocycles. The van der Waals surface area contributed by atoms with Crippen molar-refractivity contribution in [3.8, 4) is 5.88 Å². The molecule has 0 spiro atoms. The Kier molecular flexibility index (Phi) is 10.7. The van der Waals surface area contributed by atoms with Crippen molar-refractivity contribution < 1.29 is 37.1 Å². The van der Waals surface area contributed by atoms with Gasteiger partial charge in [0.2, 0.25) is 21.8 Å². The van der Waals surface area contributed by atoms with Crippen molar-refractivity contribution in [3.63, 3.8) is 0 Å². The highest BCUT2D eigenvalue weighted by atomic mass is 32.2. The van der Waals surface area contributed by atoms with Crippen LogP contribution in [-0.2, 0) is 29.1 Å². The third kappa shape index (κ3) is 9.42. The molecule has 2 fully saturated rings. The summed E-state index contributed by atoms with van der Waals surface area (Å²) in [5.41, 5.74) is -2.12. The molecule has 1 heterocycles. The third-order valence-electron chi connectivity index (χ3n) is 7.97. The zero-order valence-electron chi connectivity index (χ0n) is 28.3. The minimum Gasteiger partial charge on any atom is -0.472 e. The number of amides is 4. The fraction of sp³-hybridized carbons (Fsp3) is 0.576. The number of sulfonamides is 1. The topological polar surface area (TPSA) is 195 Å². The number of alkyl carbamates (subject to hydrolysis) is 1. The van der Waals surface area contributed by atoms with Gasteiger partial charge in [-0.2, -0.15) is 0 Å². The fourth-order valence-corrected chi connectivity index (χ4v) is 6.49. The van der Waals surface area contributed by atoms with Gasteiger partial charge in [-0.15, -0.1) is 6.58 Å². The van der Waals surface area contributed by atoms with E-state index in [-0.39, 0.29) is 31.7 Å². The minimum atomic E-state index is -3.82. The van der Waals surface area contributed by atoms with Crippen LogP contribution in [0.15, 0.2) is 43.2 Å². The van der Waals surface area contributed by atoms with Gasteiger partial charge >= 0.3 is 6.09 Å². The molecule has 2 aromatic rings. The van der Waals surface area contributed by atoms with Crippen molar-refractivity contribution in [2.75, 3.05) is 6.54 Å². The Morgan fingerprint density at radius 3 is 2.38 bits per heavy atom. The van der Waals surface area contributed by atoms with Crippen LogP contribution in [0.4, 0.5) is 4.79 Å². The molecule has 2 aliphatic carbocycles. The second-order valence-corrected chi connectivity index (χ2v) is 16.4. The molecule has 4 N–H and O–H groups in total. The van der Waals surface area contributed by atoms with Crippen molar-refractivity contribution >= 4 is 44.7 Å². The smallest absolute Gasteiger partial charge is 0.408 e. The molecule has 0 radical (unpaired) electrons. The first-order valence-electron chi connectivity index (χ1n) is 16.0. The molecular weight excluding hydrogens is 640 g/mol. The Hall–Kier alpha value is -4.27. The van der Waals surface area contributed by atoms with Crippen LogP contribution in [0.25, 0.3) is 10.9 Å². The molecule has 14 nitrogen and oxygen atoms in total. The Labute approximate surface area is 281 Å². The normalized spacial score (nSPS) is 20.5. The van der Waals surface area contributed by atoms with Crippen LogP contribution in [-0.4, -0.2) is 77.3 Å². The first-order chi connectivity index (χ1) is 22.3. The number of rotatable bonds is 14. The molecule has 15 heteroatoms. The average Bonchev–Trinajstić information content (AvgIpc) is 3.91. The number of hydrogen-bond acceptors (Lipinski definition) is 10. The van der Waals surface area contributed by atoms with E-state index >= 15 is 0 Å². The Balaban J connectivity index is 1.47. The van der Waals surface area contributed by atoms with Crippen LogP contribution in [0.3, 0.4) is 0 Å². The lowest BCUT2D eigenvalue weighted by Crippen LogP contribution is -2.52. The number of nitrogens with one attached hydrogen (secondary N) is 4. The lowest BCUT2D eigenvalue weighted by Gasteiger charge is -2.31. The van der Waals surface area contributed by atoms with E-state index in [1.807, 2.05) is 6.07 Å². The molecule has 4 amide bonds. The van der Waals surface area contributed by atoms with E-state index in [9.17, 15) is 27.6 Å².